The molecule has 1 rings (SSSR count). The van der Waals surface area contributed by atoms with Crippen LogP contribution in [0.15, 0.2) is 12.2 Å². The Morgan fingerprint density at radius 2 is 1.59 bits per heavy atom. The molecule has 0 aromatic rings. The van der Waals surface area contributed by atoms with Gasteiger partial charge < -0.3 is 19.3 Å². The molecule has 1 aliphatic heterocycles. The Hall–Kier alpha value is -0.420. The van der Waals surface area contributed by atoms with Crippen LogP contribution >= 0.6 is 0 Å². The van der Waals surface area contributed by atoms with Crippen molar-refractivity contribution in [1.82, 2.24) is 0 Å². The molecule has 5 atom stereocenters. The molecule has 0 aromatic heterocycles. The van der Waals surface area contributed by atoms with Crippen LogP contribution in [0, 0.1) is 17.8 Å². The summed E-state index contributed by atoms with van der Waals surface area (Å²) in [5.41, 5.74) is 0. The highest BCUT2D eigenvalue weighted by Gasteiger charge is 2.39. The van der Waals surface area contributed by atoms with Gasteiger partial charge in [0.2, 0.25) is 0 Å². The Balaban J connectivity index is 2.18. The van der Waals surface area contributed by atoms with Gasteiger partial charge in [0.05, 0.1) is 19.3 Å². The van der Waals surface area contributed by atoms with Crippen LogP contribution in [-0.4, -0.2) is 44.4 Å². The SMILES string of the molecule is COCCC/C=C\CCCO[C@@H]1OC(CO)[C@H](C)[C@H](C)C1C. The van der Waals surface area contributed by atoms with Crippen LogP contribution in [0.2, 0.25) is 0 Å². The molecule has 0 spiro atoms. The number of methoxy groups -OCH3 is 1. The Labute approximate surface area is 135 Å². The lowest BCUT2D eigenvalue weighted by atomic mass is 9.79. The van der Waals surface area contributed by atoms with E-state index in [9.17, 15) is 5.11 Å². The Morgan fingerprint density at radius 3 is 2.18 bits per heavy atom. The highest BCUT2D eigenvalue weighted by molar-refractivity contribution is 4.83. The number of ether oxygens (including phenoxy) is 3. The van der Waals surface area contributed by atoms with Gasteiger partial charge in [-0.1, -0.05) is 32.9 Å². The standard InChI is InChI=1S/C18H34O4/c1-14-15(2)17(13-19)22-18(16(14)3)21-12-10-8-6-5-7-9-11-20-4/h5-6,14-19H,7-13H2,1-4H3/b6-5-/t14-,15+,16?,17?,18+/m0/s1. The van der Waals surface area contributed by atoms with Crippen molar-refractivity contribution < 1.29 is 19.3 Å². The van der Waals surface area contributed by atoms with Crippen molar-refractivity contribution in [3.05, 3.63) is 12.2 Å². The van der Waals surface area contributed by atoms with E-state index in [0.29, 0.717) is 24.4 Å². The van der Waals surface area contributed by atoms with E-state index < -0.39 is 0 Å². The van der Waals surface area contributed by atoms with Crippen LogP contribution < -0.4 is 0 Å². The molecule has 4 nitrogen and oxygen atoms in total. The predicted molar refractivity (Wildman–Crippen MR) is 88.7 cm³/mol. The first-order valence-electron chi connectivity index (χ1n) is 8.63. The van der Waals surface area contributed by atoms with Crippen LogP contribution in [0.4, 0.5) is 0 Å². The minimum absolute atomic E-state index is 0.0717. The largest absolute Gasteiger partial charge is 0.394 e. The van der Waals surface area contributed by atoms with E-state index in [1.807, 2.05) is 0 Å². The number of rotatable bonds is 10. The summed E-state index contributed by atoms with van der Waals surface area (Å²) in [4.78, 5) is 0. The van der Waals surface area contributed by atoms with Crippen molar-refractivity contribution in [2.45, 2.75) is 58.8 Å². The Kier molecular flexibility index (Phi) is 9.96. The fourth-order valence-corrected chi connectivity index (χ4v) is 2.87. The van der Waals surface area contributed by atoms with Gasteiger partial charge in [-0.3, -0.25) is 0 Å². The van der Waals surface area contributed by atoms with E-state index in [1.165, 1.54) is 0 Å². The summed E-state index contributed by atoms with van der Waals surface area (Å²) in [5, 5.41) is 9.41. The van der Waals surface area contributed by atoms with Gasteiger partial charge >= 0.3 is 0 Å². The molecule has 1 N–H and O–H groups in total. The van der Waals surface area contributed by atoms with E-state index in [1.54, 1.807) is 7.11 Å². The molecule has 1 saturated heterocycles. The topological polar surface area (TPSA) is 47.9 Å². The molecule has 0 aromatic carbocycles. The molecular formula is C18H34O4. The normalized spacial score (nSPS) is 32.7. The van der Waals surface area contributed by atoms with E-state index in [-0.39, 0.29) is 19.0 Å². The first-order chi connectivity index (χ1) is 10.6. The second-order valence-corrected chi connectivity index (χ2v) is 6.42. The van der Waals surface area contributed by atoms with Crippen molar-refractivity contribution in [2.24, 2.45) is 17.8 Å². The van der Waals surface area contributed by atoms with Gasteiger partial charge in [-0.05, 0) is 37.5 Å². The number of hydrogen-bond acceptors (Lipinski definition) is 4. The molecule has 0 radical (unpaired) electrons. The van der Waals surface area contributed by atoms with Gasteiger partial charge in [0, 0.05) is 19.6 Å². The minimum atomic E-state index is -0.186. The molecule has 0 aliphatic carbocycles. The summed E-state index contributed by atoms with van der Waals surface area (Å²) in [6.07, 6.45) is 8.33. The van der Waals surface area contributed by atoms with Gasteiger partial charge in [0.15, 0.2) is 6.29 Å². The number of aliphatic hydroxyl groups excluding tert-OH is 1. The fraction of sp³-hybridized carbons (Fsp3) is 0.889. The van der Waals surface area contributed by atoms with E-state index in [4.69, 9.17) is 14.2 Å². The second kappa shape index (κ2) is 11.2. The van der Waals surface area contributed by atoms with Crippen molar-refractivity contribution in [2.75, 3.05) is 26.9 Å². The lowest BCUT2D eigenvalue weighted by molar-refractivity contribution is -0.254. The second-order valence-electron chi connectivity index (χ2n) is 6.42. The van der Waals surface area contributed by atoms with Crippen LogP contribution in [0.25, 0.3) is 0 Å². The van der Waals surface area contributed by atoms with E-state index >= 15 is 0 Å². The average molecular weight is 314 g/mol. The van der Waals surface area contributed by atoms with Gasteiger partial charge in [-0.15, -0.1) is 0 Å². The molecule has 0 saturated carbocycles. The molecule has 4 heteroatoms. The Morgan fingerprint density at radius 1 is 0.955 bits per heavy atom. The molecule has 2 unspecified atom stereocenters. The van der Waals surface area contributed by atoms with Crippen LogP contribution in [-0.2, 0) is 14.2 Å². The fourth-order valence-electron chi connectivity index (χ4n) is 2.87. The van der Waals surface area contributed by atoms with Crippen LogP contribution in [0.1, 0.15) is 46.5 Å². The maximum Gasteiger partial charge on any atom is 0.160 e. The van der Waals surface area contributed by atoms with Gasteiger partial charge in [0.1, 0.15) is 0 Å². The summed E-state index contributed by atoms with van der Waals surface area (Å²) >= 11 is 0. The molecule has 1 fully saturated rings. The zero-order valence-corrected chi connectivity index (χ0v) is 14.7. The lowest BCUT2D eigenvalue weighted by Gasteiger charge is -2.42. The summed E-state index contributed by atoms with van der Waals surface area (Å²) in [7, 11) is 1.73. The third kappa shape index (κ3) is 6.37. The smallest absolute Gasteiger partial charge is 0.160 e. The third-order valence-electron chi connectivity index (χ3n) is 4.85. The molecule has 130 valence electrons. The van der Waals surface area contributed by atoms with Crippen molar-refractivity contribution in [3.63, 3.8) is 0 Å². The van der Waals surface area contributed by atoms with Crippen molar-refractivity contribution in [1.29, 1.82) is 0 Å². The maximum atomic E-state index is 9.41. The zero-order chi connectivity index (χ0) is 16.4. The first-order valence-corrected chi connectivity index (χ1v) is 8.63. The first kappa shape index (κ1) is 19.6. The summed E-state index contributed by atoms with van der Waals surface area (Å²) in [5.74, 6) is 1.23. The molecule has 1 aliphatic rings. The monoisotopic (exact) mass is 314 g/mol. The summed E-state index contributed by atoms with van der Waals surface area (Å²) in [6, 6.07) is 0. The van der Waals surface area contributed by atoms with Crippen molar-refractivity contribution in [3.8, 4) is 0 Å². The van der Waals surface area contributed by atoms with Crippen molar-refractivity contribution >= 4 is 0 Å². The van der Waals surface area contributed by atoms with Crippen LogP contribution in [0.3, 0.4) is 0 Å². The van der Waals surface area contributed by atoms with Gasteiger partial charge in [-0.2, -0.15) is 0 Å². The predicted octanol–water partition coefficient (Wildman–Crippen LogP) is 3.39. The van der Waals surface area contributed by atoms with E-state index in [2.05, 4.69) is 32.9 Å². The number of hydrogen-bond donors (Lipinski definition) is 1. The number of aliphatic hydroxyl groups is 1. The number of allylic oxidation sites excluding steroid dienone is 2. The average Bonchev–Trinajstić information content (AvgIpc) is 2.53. The molecule has 22 heavy (non-hydrogen) atoms. The maximum absolute atomic E-state index is 9.41. The van der Waals surface area contributed by atoms with Gasteiger partial charge in [0.25, 0.3) is 0 Å². The molecule has 1 heterocycles. The quantitative estimate of drug-likeness (QED) is 0.496. The zero-order valence-electron chi connectivity index (χ0n) is 14.7. The summed E-state index contributed by atoms with van der Waals surface area (Å²) in [6.45, 7) is 8.15. The third-order valence-corrected chi connectivity index (χ3v) is 4.85. The van der Waals surface area contributed by atoms with Crippen LogP contribution in [0.5, 0.6) is 0 Å². The van der Waals surface area contributed by atoms with Gasteiger partial charge in [-0.25, -0.2) is 0 Å². The number of unbranched alkanes of at least 4 members (excludes halogenated alkanes) is 2. The highest BCUT2D eigenvalue weighted by Crippen LogP contribution is 2.35. The Bertz CT molecular complexity index is 303. The molecular weight excluding hydrogens is 280 g/mol. The molecule has 0 bridgehead atoms. The molecule has 0 amide bonds. The lowest BCUT2D eigenvalue weighted by Crippen LogP contribution is -2.47. The summed E-state index contributed by atoms with van der Waals surface area (Å²) < 4.78 is 16.8. The minimum Gasteiger partial charge on any atom is -0.394 e. The van der Waals surface area contributed by atoms with E-state index in [0.717, 1.165) is 32.3 Å². The highest BCUT2D eigenvalue weighted by atomic mass is 16.7.